The molecular weight excluding hydrogens is 201 g/mol. The summed E-state index contributed by atoms with van der Waals surface area (Å²) in [7, 11) is 0. The van der Waals surface area contributed by atoms with E-state index in [1.54, 1.807) is 16.7 Å². The molecule has 1 atom stereocenters. The van der Waals surface area contributed by atoms with Gasteiger partial charge in [0.25, 0.3) is 0 Å². The highest BCUT2D eigenvalue weighted by atomic mass is 32.2. The van der Waals surface area contributed by atoms with Crippen molar-refractivity contribution < 1.29 is 9.18 Å². The Hall–Kier alpha value is -0.250. The monoisotopic (exact) mass is 217 g/mol. The summed E-state index contributed by atoms with van der Waals surface area (Å²) >= 11 is 1.63. The van der Waals surface area contributed by atoms with Gasteiger partial charge in [0.05, 0.1) is 10.8 Å². The highest BCUT2D eigenvalue weighted by molar-refractivity contribution is 8.01. The van der Waals surface area contributed by atoms with Crippen molar-refractivity contribution in [2.24, 2.45) is 0 Å². The van der Waals surface area contributed by atoms with Crippen LogP contribution in [0.3, 0.4) is 0 Å². The van der Waals surface area contributed by atoms with Gasteiger partial charge in [-0.15, -0.1) is 11.8 Å². The smallest absolute Gasteiger partial charge is 0.239 e. The first-order chi connectivity index (χ1) is 6.73. The average Bonchev–Trinajstić information content (AvgIpc) is 2.87. The van der Waals surface area contributed by atoms with Crippen molar-refractivity contribution in [3.05, 3.63) is 0 Å². The summed E-state index contributed by atoms with van der Waals surface area (Å²) in [4.78, 5) is 13.8. The summed E-state index contributed by atoms with van der Waals surface area (Å²) in [6.07, 6.45) is 5.73. The summed E-state index contributed by atoms with van der Waals surface area (Å²) in [6.45, 7) is 0.381. The zero-order chi connectivity index (χ0) is 10.2. The molecule has 0 aromatic rings. The maximum atomic E-state index is 12.6. The molecule has 1 aliphatic carbocycles. The SMILES string of the molecule is CSC1(C(=O)N2CCC[C@@H]2CF)CC1. The van der Waals surface area contributed by atoms with E-state index >= 15 is 0 Å². The molecule has 80 valence electrons. The minimum absolute atomic E-state index is 0.132. The fourth-order valence-electron chi connectivity index (χ4n) is 2.14. The molecule has 0 spiro atoms. The number of carbonyl (C=O) groups is 1. The molecule has 1 aliphatic heterocycles. The Morgan fingerprint density at radius 3 is 2.86 bits per heavy atom. The molecule has 1 amide bonds. The summed E-state index contributed by atoms with van der Waals surface area (Å²) in [5.41, 5.74) is 0. The Bertz CT molecular complexity index is 242. The van der Waals surface area contributed by atoms with E-state index in [9.17, 15) is 9.18 Å². The van der Waals surface area contributed by atoms with Gasteiger partial charge < -0.3 is 4.90 Å². The predicted molar refractivity (Wildman–Crippen MR) is 56.2 cm³/mol. The zero-order valence-corrected chi connectivity index (χ0v) is 9.28. The van der Waals surface area contributed by atoms with Crippen molar-refractivity contribution in [2.75, 3.05) is 19.5 Å². The molecular formula is C10H16FNOS. The van der Waals surface area contributed by atoms with Crippen LogP contribution in [0.4, 0.5) is 4.39 Å². The number of hydrogen-bond acceptors (Lipinski definition) is 2. The van der Waals surface area contributed by atoms with Gasteiger partial charge in [-0.05, 0) is 31.9 Å². The van der Waals surface area contributed by atoms with Crippen LogP contribution < -0.4 is 0 Å². The summed E-state index contributed by atoms with van der Waals surface area (Å²) in [5.74, 6) is 0.185. The number of halogens is 1. The number of rotatable bonds is 3. The van der Waals surface area contributed by atoms with Gasteiger partial charge in [-0.2, -0.15) is 0 Å². The standard InChI is InChI=1S/C10H16FNOS/c1-14-10(4-5-10)9(13)12-6-2-3-8(12)7-11/h8H,2-7H2,1H3/t8-/m1/s1. The lowest BCUT2D eigenvalue weighted by molar-refractivity contribution is -0.132. The number of likely N-dealkylation sites (tertiary alicyclic amines) is 1. The maximum Gasteiger partial charge on any atom is 0.239 e. The van der Waals surface area contributed by atoms with Gasteiger partial charge in [-0.3, -0.25) is 4.79 Å². The van der Waals surface area contributed by atoms with Gasteiger partial charge in [0, 0.05) is 6.54 Å². The van der Waals surface area contributed by atoms with Crippen molar-refractivity contribution >= 4 is 17.7 Å². The molecule has 0 radical (unpaired) electrons. The number of thioether (sulfide) groups is 1. The van der Waals surface area contributed by atoms with Crippen LogP contribution in [0.5, 0.6) is 0 Å². The van der Waals surface area contributed by atoms with E-state index in [0.717, 1.165) is 32.2 Å². The molecule has 14 heavy (non-hydrogen) atoms. The Morgan fingerprint density at radius 1 is 1.64 bits per heavy atom. The van der Waals surface area contributed by atoms with Crippen LogP contribution in [0.1, 0.15) is 25.7 Å². The zero-order valence-electron chi connectivity index (χ0n) is 8.46. The van der Waals surface area contributed by atoms with Crippen molar-refractivity contribution in [2.45, 2.75) is 36.5 Å². The second-order valence-corrected chi connectivity index (χ2v) is 5.34. The van der Waals surface area contributed by atoms with E-state index < -0.39 is 0 Å². The predicted octanol–water partition coefficient (Wildman–Crippen LogP) is 1.84. The highest BCUT2D eigenvalue weighted by Crippen LogP contribution is 2.49. The van der Waals surface area contributed by atoms with Crippen LogP contribution in [0, 0.1) is 0 Å². The first-order valence-corrected chi connectivity index (χ1v) is 6.38. The molecule has 4 heteroatoms. The molecule has 0 aromatic heterocycles. The van der Waals surface area contributed by atoms with Gasteiger partial charge in [0.1, 0.15) is 6.67 Å². The van der Waals surface area contributed by atoms with Gasteiger partial charge in [-0.1, -0.05) is 0 Å². The summed E-state index contributed by atoms with van der Waals surface area (Å²) in [5, 5.41) is 0. The Kier molecular flexibility index (Phi) is 2.73. The van der Waals surface area contributed by atoms with Gasteiger partial charge in [-0.25, -0.2) is 4.39 Å². The summed E-state index contributed by atoms with van der Waals surface area (Å²) in [6, 6.07) is -0.132. The Morgan fingerprint density at radius 2 is 2.36 bits per heavy atom. The average molecular weight is 217 g/mol. The molecule has 1 saturated carbocycles. The van der Waals surface area contributed by atoms with Crippen LogP contribution in [0.15, 0.2) is 0 Å². The molecule has 2 fully saturated rings. The molecule has 0 aromatic carbocycles. The molecule has 2 nitrogen and oxygen atoms in total. The fraction of sp³-hybridized carbons (Fsp3) is 0.900. The van der Waals surface area contributed by atoms with E-state index in [4.69, 9.17) is 0 Å². The maximum absolute atomic E-state index is 12.6. The van der Waals surface area contributed by atoms with Crippen molar-refractivity contribution in [1.29, 1.82) is 0 Å². The second kappa shape index (κ2) is 3.72. The largest absolute Gasteiger partial charge is 0.336 e. The number of amides is 1. The van der Waals surface area contributed by atoms with Crippen molar-refractivity contribution in [3.8, 4) is 0 Å². The lowest BCUT2D eigenvalue weighted by atomic mass is 10.2. The molecule has 2 rings (SSSR count). The number of hydrogen-bond donors (Lipinski definition) is 0. The van der Waals surface area contributed by atoms with E-state index in [0.29, 0.717) is 0 Å². The van der Waals surface area contributed by atoms with Crippen LogP contribution >= 0.6 is 11.8 Å². The van der Waals surface area contributed by atoms with Crippen LogP contribution in [-0.2, 0) is 4.79 Å². The van der Waals surface area contributed by atoms with Crippen molar-refractivity contribution in [3.63, 3.8) is 0 Å². The van der Waals surface area contributed by atoms with Gasteiger partial charge in [0.2, 0.25) is 5.91 Å². The topological polar surface area (TPSA) is 20.3 Å². The molecule has 1 heterocycles. The first kappa shape index (κ1) is 10.3. The normalized spacial score (nSPS) is 29.3. The lowest BCUT2D eigenvalue weighted by Crippen LogP contribution is -2.42. The van der Waals surface area contributed by atoms with Crippen LogP contribution in [-0.4, -0.2) is 41.1 Å². The Labute approximate surface area is 88.2 Å². The van der Waals surface area contributed by atoms with E-state index in [2.05, 4.69) is 0 Å². The third kappa shape index (κ3) is 1.53. The first-order valence-electron chi connectivity index (χ1n) is 5.16. The third-order valence-corrected chi connectivity index (χ3v) is 4.67. The fourth-order valence-corrected chi connectivity index (χ4v) is 2.95. The number of carbonyl (C=O) groups excluding carboxylic acids is 1. The molecule has 0 unspecified atom stereocenters. The minimum Gasteiger partial charge on any atom is -0.336 e. The van der Waals surface area contributed by atoms with Crippen LogP contribution in [0.2, 0.25) is 0 Å². The number of alkyl halides is 1. The van der Waals surface area contributed by atoms with Crippen LogP contribution in [0.25, 0.3) is 0 Å². The third-order valence-electron chi connectivity index (χ3n) is 3.30. The van der Waals surface area contributed by atoms with Gasteiger partial charge >= 0.3 is 0 Å². The van der Waals surface area contributed by atoms with E-state index in [1.807, 2.05) is 6.26 Å². The number of nitrogens with zero attached hydrogens (tertiary/aromatic N) is 1. The van der Waals surface area contributed by atoms with Crippen molar-refractivity contribution in [1.82, 2.24) is 4.90 Å². The minimum atomic E-state index is -0.379. The molecule has 0 N–H and O–H groups in total. The highest BCUT2D eigenvalue weighted by Gasteiger charge is 2.52. The van der Waals surface area contributed by atoms with E-state index in [-0.39, 0.29) is 23.4 Å². The Balaban J connectivity index is 2.04. The molecule has 2 aliphatic rings. The quantitative estimate of drug-likeness (QED) is 0.719. The van der Waals surface area contributed by atoms with E-state index in [1.165, 1.54) is 0 Å². The van der Waals surface area contributed by atoms with Gasteiger partial charge in [0.15, 0.2) is 0 Å². The second-order valence-electron chi connectivity index (χ2n) is 4.15. The molecule has 1 saturated heterocycles. The summed E-state index contributed by atoms with van der Waals surface area (Å²) < 4.78 is 12.5. The lowest BCUT2D eigenvalue weighted by Gasteiger charge is -2.26. The molecule has 0 bridgehead atoms.